The van der Waals surface area contributed by atoms with Gasteiger partial charge in [-0.05, 0) is 37.7 Å². The van der Waals surface area contributed by atoms with Crippen LogP contribution in [0.2, 0.25) is 0 Å². The van der Waals surface area contributed by atoms with E-state index in [0.717, 1.165) is 24.8 Å². The molecule has 2 amide bonds. The van der Waals surface area contributed by atoms with Crippen LogP contribution in [0.25, 0.3) is 0 Å². The number of ether oxygens (including phenoxy) is 1. The van der Waals surface area contributed by atoms with E-state index in [1.807, 2.05) is 44.2 Å². The highest BCUT2D eigenvalue weighted by Crippen LogP contribution is 2.23. The fraction of sp³-hybridized carbons (Fsp3) is 0.690. The third-order valence-electron chi connectivity index (χ3n) is 7.51. The molecule has 1 aliphatic heterocycles. The second kappa shape index (κ2) is 15.1. The Hall–Kier alpha value is -2.45. The Balaban J connectivity index is 2.31. The van der Waals surface area contributed by atoms with Crippen LogP contribution < -0.4 is 5.32 Å². The molecule has 8 nitrogen and oxygen atoms in total. The van der Waals surface area contributed by atoms with Crippen LogP contribution >= 0.6 is 0 Å². The Kier molecular flexibility index (Phi) is 12.5. The molecule has 0 spiro atoms. The molecule has 0 aliphatic carbocycles. The molecule has 1 aromatic rings. The number of hydrogen-bond acceptors (Lipinski definition) is 6. The Labute approximate surface area is 221 Å². The maximum absolute atomic E-state index is 13.7. The summed E-state index contributed by atoms with van der Waals surface area (Å²) in [5, 5.41) is 23.2. The first-order valence-electron chi connectivity index (χ1n) is 13.7. The third-order valence-corrected chi connectivity index (χ3v) is 7.51. The van der Waals surface area contributed by atoms with Crippen molar-refractivity contribution in [3.8, 4) is 0 Å². The van der Waals surface area contributed by atoms with E-state index < -0.39 is 42.1 Å². The predicted molar refractivity (Wildman–Crippen MR) is 143 cm³/mol. The number of likely N-dealkylation sites (N-methyl/N-ethyl adjacent to an activating group) is 1. The number of hydrogen-bond donors (Lipinski definition) is 3. The van der Waals surface area contributed by atoms with Crippen LogP contribution in [0.5, 0.6) is 0 Å². The van der Waals surface area contributed by atoms with Crippen LogP contribution in [0.1, 0.15) is 78.2 Å². The molecule has 0 bridgehead atoms. The molecule has 37 heavy (non-hydrogen) atoms. The highest BCUT2D eigenvalue weighted by molar-refractivity contribution is 5.91. The van der Waals surface area contributed by atoms with E-state index in [2.05, 4.69) is 5.32 Å². The lowest BCUT2D eigenvalue weighted by Gasteiger charge is -2.36. The van der Waals surface area contributed by atoms with Crippen LogP contribution in [0.3, 0.4) is 0 Å². The molecular weight excluding hydrogens is 472 g/mol. The van der Waals surface area contributed by atoms with Crippen LogP contribution in [-0.4, -0.2) is 70.3 Å². The minimum Gasteiger partial charge on any atom is -0.461 e. The van der Waals surface area contributed by atoms with Gasteiger partial charge in [0.25, 0.3) is 0 Å². The zero-order valence-electron chi connectivity index (χ0n) is 23.1. The summed E-state index contributed by atoms with van der Waals surface area (Å²) in [6.45, 7) is 7.26. The Bertz CT molecular complexity index is 861. The van der Waals surface area contributed by atoms with Gasteiger partial charge >= 0.3 is 5.97 Å². The molecule has 2 rings (SSSR count). The number of aliphatic hydroxyl groups is 2. The lowest BCUT2D eigenvalue weighted by molar-refractivity contribution is -0.164. The van der Waals surface area contributed by atoms with Gasteiger partial charge in [-0.2, -0.15) is 0 Å². The minimum atomic E-state index is -1.03. The molecule has 208 valence electrons. The van der Waals surface area contributed by atoms with Gasteiger partial charge in [0.2, 0.25) is 11.8 Å². The average molecular weight is 519 g/mol. The molecule has 1 heterocycles. The highest BCUT2D eigenvalue weighted by Gasteiger charge is 2.39. The predicted octanol–water partition coefficient (Wildman–Crippen LogP) is 3.23. The summed E-state index contributed by atoms with van der Waals surface area (Å²) < 4.78 is 5.94. The van der Waals surface area contributed by atoms with Crippen molar-refractivity contribution in [3.05, 3.63) is 35.9 Å². The highest BCUT2D eigenvalue weighted by atomic mass is 16.5. The number of amides is 2. The van der Waals surface area contributed by atoms with E-state index in [-0.39, 0.29) is 30.8 Å². The average Bonchev–Trinajstić information content (AvgIpc) is 2.86. The Morgan fingerprint density at radius 3 is 2.41 bits per heavy atom. The molecule has 0 saturated carbocycles. The topological polar surface area (TPSA) is 116 Å². The number of aliphatic hydroxyl groups excluding tert-OH is 2. The lowest BCUT2D eigenvalue weighted by atomic mass is 9.93. The number of rotatable bonds is 10. The van der Waals surface area contributed by atoms with Crippen molar-refractivity contribution in [3.63, 3.8) is 0 Å². The number of carbonyl (C=O) groups excluding carboxylic acids is 3. The number of benzene rings is 1. The first-order chi connectivity index (χ1) is 17.5. The van der Waals surface area contributed by atoms with Gasteiger partial charge in [-0.15, -0.1) is 0 Å². The summed E-state index contributed by atoms with van der Waals surface area (Å²) in [4.78, 5) is 41.7. The van der Waals surface area contributed by atoms with Gasteiger partial charge in [-0.25, -0.2) is 4.79 Å². The van der Waals surface area contributed by atoms with Crippen molar-refractivity contribution in [1.29, 1.82) is 0 Å². The Morgan fingerprint density at radius 1 is 1.11 bits per heavy atom. The molecule has 0 aromatic heterocycles. The molecule has 1 saturated heterocycles. The monoisotopic (exact) mass is 518 g/mol. The van der Waals surface area contributed by atoms with Crippen molar-refractivity contribution in [2.45, 2.75) is 109 Å². The maximum atomic E-state index is 13.7. The lowest BCUT2D eigenvalue weighted by Crippen LogP contribution is -2.57. The van der Waals surface area contributed by atoms with E-state index in [4.69, 9.17) is 4.74 Å². The first kappa shape index (κ1) is 30.8. The molecule has 7 unspecified atom stereocenters. The van der Waals surface area contributed by atoms with Gasteiger partial charge in [-0.1, -0.05) is 70.4 Å². The van der Waals surface area contributed by atoms with Crippen molar-refractivity contribution < 1.29 is 29.3 Å². The summed E-state index contributed by atoms with van der Waals surface area (Å²) in [5.74, 6) is -2.19. The van der Waals surface area contributed by atoms with Gasteiger partial charge in [0.15, 0.2) is 0 Å². The second-order valence-electron chi connectivity index (χ2n) is 10.7. The standard InChI is InChI=1S/C29H46N2O6/c1-6-19(2)26-29(36)37-23(16-12-7-9-13-20(3)32)18-25(33)21(4)27(34)30-24(28(35)31(26)5)17-22-14-10-8-11-15-22/h8,10-11,14-15,19-21,23-26,32-33H,6-7,9,12-13,16-18H2,1-5H3,(H,30,34). The molecule has 3 N–H and O–H groups in total. The Morgan fingerprint density at radius 2 is 1.78 bits per heavy atom. The summed E-state index contributed by atoms with van der Waals surface area (Å²) in [6, 6.07) is 7.72. The van der Waals surface area contributed by atoms with Gasteiger partial charge in [0.1, 0.15) is 18.2 Å². The zero-order chi connectivity index (χ0) is 27.5. The summed E-state index contributed by atoms with van der Waals surface area (Å²) in [7, 11) is 1.60. The summed E-state index contributed by atoms with van der Waals surface area (Å²) in [5.41, 5.74) is 0.883. The van der Waals surface area contributed by atoms with Crippen LogP contribution in [0.4, 0.5) is 0 Å². The van der Waals surface area contributed by atoms with Gasteiger partial charge in [0, 0.05) is 19.9 Å². The van der Waals surface area contributed by atoms with E-state index in [1.54, 1.807) is 20.9 Å². The molecule has 8 heteroatoms. The number of cyclic esters (lactones) is 1. The van der Waals surface area contributed by atoms with E-state index >= 15 is 0 Å². The number of esters is 1. The molecule has 1 aromatic carbocycles. The fourth-order valence-electron chi connectivity index (χ4n) is 4.83. The molecule has 7 atom stereocenters. The van der Waals surface area contributed by atoms with E-state index in [0.29, 0.717) is 19.3 Å². The molecule has 1 fully saturated rings. The van der Waals surface area contributed by atoms with E-state index in [9.17, 15) is 24.6 Å². The van der Waals surface area contributed by atoms with Crippen molar-refractivity contribution in [1.82, 2.24) is 10.2 Å². The maximum Gasteiger partial charge on any atom is 0.329 e. The van der Waals surface area contributed by atoms with Gasteiger partial charge in [0.05, 0.1) is 18.1 Å². The first-order valence-corrected chi connectivity index (χ1v) is 13.7. The van der Waals surface area contributed by atoms with Crippen molar-refractivity contribution in [2.75, 3.05) is 7.05 Å². The van der Waals surface area contributed by atoms with Crippen LogP contribution in [0.15, 0.2) is 30.3 Å². The van der Waals surface area contributed by atoms with Gasteiger partial charge < -0.3 is 25.2 Å². The smallest absolute Gasteiger partial charge is 0.329 e. The summed E-state index contributed by atoms with van der Waals surface area (Å²) >= 11 is 0. The van der Waals surface area contributed by atoms with Crippen molar-refractivity contribution in [2.24, 2.45) is 11.8 Å². The zero-order valence-corrected chi connectivity index (χ0v) is 23.1. The largest absolute Gasteiger partial charge is 0.461 e. The molecule has 1 aliphatic rings. The normalized spacial score (nSPS) is 27.5. The van der Waals surface area contributed by atoms with E-state index in [1.165, 1.54) is 4.90 Å². The third kappa shape index (κ3) is 9.42. The number of nitrogens with one attached hydrogen (secondary N) is 1. The second-order valence-corrected chi connectivity index (χ2v) is 10.7. The number of nitrogens with zero attached hydrogens (tertiary/aromatic N) is 1. The molecular formula is C29H46N2O6. The SMILES string of the molecule is CCC(C)C1C(=O)OC(CCCCCC(C)O)CC(O)C(C)C(=O)NC(Cc2ccccc2)C(=O)N1C. The molecule has 0 radical (unpaired) electrons. The van der Waals surface area contributed by atoms with Crippen LogP contribution in [0, 0.1) is 11.8 Å². The summed E-state index contributed by atoms with van der Waals surface area (Å²) in [6.07, 6.45) is 2.86. The quantitative estimate of drug-likeness (QED) is 0.324. The van der Waals surface area contributed by atoms with Crippen molar-refractivity contribution >= 4 is 17.8 Å². The number of unbranched alkanes of at least 4 members (excludes halogenated alkanes) is 2. The van der Waals surface area contributed by atoms with Gasteiger partial charge in [-0.3, -0.25) is 9.59 Å². The number of carbonyl (C=O) groups is 3. The van der Waals surface area contributed by atoms with Crippen LogP contribution in [-0.2, 0) is 25.5 Å². The fourth-order valence-corrected chi connectivity index (χ4v) is 4.83. The minimum absolute atomic E-state index is 0.144.